The van der Waals surface area contributed by atoms with Crippen molar-refractivity contribution in [1.29, 1.82) is 0 Å². The van der Waals surface area contributed by atoms with Gasteiger partial charge in [-0.05, 0) is 6.92 Å². The predicted molar refractivity (Wildman–Crippen MR) is 51.7 cm³/mol. The van der Waals surface area contributed by atoms with Gasteiger partial charge in [0.25, 0.3) is 0 Å². The lowest BCUT2D eigenvalue weighted by atomic mass is 9.92. The molecule has 0 spiro atoms. The summed E-state index contributed by atoms with van der Waals surface area (Å²) in [5, 5.41) is 0. The highest BCUT2D eigenvalue weighted by atomic mass is 16.5. The van der Waals surface area contributed by atoms with Gasteiger partial charge in [-0.3, -0.25) is 14.5 Å². The molecule has 0 unspecified atom stereocenters. The molecule has 1 aliphatic rings. The van der Waals surface area contributed by atoms with Crippen LogP contribution in [0.15, 0.2) is 0 Å². The summed E-state index contributed by atoms with van der Waals surface area (Å²) in [4.78, 5) is 35.6. The maximum atomic E-state index is 11.8. The number of imide groups is 1. The molecular weight excluding hydrogens is 198 g/mol. The van der Waals surface area contributed by atoms with Crippen LogP contribution in [0.4, 0.5) is 0 Å². The van der Waals surface area contributed by atoms with E-state index in [1.54, 1.807) is 13.8 Å². The number of methoxy groups -OCH3 is 1. The van der Waals surface area contributed by atoms with Crippen molar-refractivity contribution >= 4 is 17.8 Å². The highest BCUT2D eigenvalue weighted by Crippen LogP contribution is 2.32. The van der Waals surface area contributed by atoms with Gasteiger partial charge in [0.15, 0.2) is 0 Å². The summed E-state index contributed by atoms with van der Waals surface area (Å²) >= 11 is 0. The highest BCUT2D eigenvalue weighted by molar-refractivity contribution is 6.07. The van der Waals surface area contributed by atoms with E-state index in [1.165, 1.54) is 14.0 Å². The first kappa shape index (κ1) is 11.7. The number of esters is 1. The SMILES string of the molecule is COC(=O)[C@@H](C)N1C(=O)CC(C)(C)C1=O. The van der Waals surface area contributed by atoms with Crippen molar-refractivity contribution < 1.29 is 19.1 Å². The summed E-state index contributed by atoms with van der Waals surface area (Å²) in [6.07, 6.45) is 0.146. The molecule has 15 heavy (non-hydrogen) atoms. The Bertz CT molecular complexity index is 321. The summed E-state index contributed by atoms with van der Waals surface area (Å²) < 4.78 is 4.50. The molecule has 1 atom stereocenters. The van der Waals surface area contributed by atoms with Crippen LogP contribution >= 0.6 is 0 Å². The summed E-state index contributed by atoms with van der Waals surface area (Å²) in [6, 6.07) is -0.836. The minimum absolute atomic E-state index is 0.146. The van der Waals surface area contributed by atoms with Gasteiger partial charge >= 0.3 is 5.97 Å². The van der Waals surface area contributed by atoms with Crippen LogP contribution in [-0.4, -0.2) is 35.8 Å². The van der Waals surface area contributed by atoms with Crippen molar-refractivity contribution in [1.82, 2.24) is 4.90 Å². The average Bonchev–Trinajstić information content (AvgIpc) is 2.34. The van der Waals surface area contributed by atoms with Crippen molar-refractivity contribution in [3.05, 3.63) is 0 Å². The summed E-state index contributed by atoms with van der Waals surface area (Å²) in [5.74, 6) is -1.21. The van der Waals surface area contributed by atoms with Gasteiger partial charge in [0, 0.05) is 6.42 Å². The second-order valence-corrected chi connectivity index (χ2v) is 4.33. The molecule has 0 aromatic carbocycles. The topological polar surface area (TPSA) is 63.7 Å². The van der Waals surface area contributed by atoms with Crippen LogP contribution in [0.25, 0.3) is 0 Å². The van der Waals surface area contributed by atoms with Crippen LogP contribution in [0.3, 0.4) is 0 Å². The number of hydrogen-bond acceptors (Lipinski definition) is 4. The van der Waals surface area contributed by atoms with Gasteiger partial charge in [-0.15, -0.1) is 0 Å². The monoisotopic (exact) mass is 213 g/mol. The number of likely N-dealkylation sites (tertiary alicyclic amines) is 1. The van der Waals surface area contributed by atoms with Crippen molar-refractivity contribution in [2.45, 2.75) is 33.2 Å². The van der Waals surface area contributed by atoms with Crippen LogP contribution in [-0.2, 0) is 19.1 Å². The van der Waals surface area contributed by atoms with E-state index in [9.17, 15) is 14.4 Å². The minimum Gasteiger partial charge on any atom is -0.467 e. The highest BCUT2D eigenvalue weighted by Gasteiger charge is 2.48. The normalized spacial score (nSPS) is 21.7. The Morgan fingerprint density at radius 2 is 2.00 bits per heavy atom. The van der Waals surface area contributed by atoms with E-state index in [0.29, 0.717) is 0 Å². The van der Waals surface area contributed by atoms with Crippen LogP contribution < -0.4 is 0 Å². The number of hydrogen-bond donors (Lipinski definition) is 0. The lowest BCUT2D eigenvalue weighted by Gasteiger charge is -2.22. The van der Waals surface area contributed by atoms with E-state index < -0.39 is 17.4 Å². The molecule has 0 bridgehead atoms. The molecule has 5 heteroatoms. The Labute approximate surface area is 88.4 Å². The lowest BCUT2D eigenvalue weighted by Crippen LogP contribution is -2.44. The smallest absolute Gasteiger partial charge is 0.328 e. The first-order chi connectivity index (χ1) is 6.81. The van der Waals surface area contributed by atoms with E-state index >= 15 is 0 Å². The number of nitrogens with zero attached hydrogens (tertiary/aromatic N) is 1. The fourth-order valence-corrected chi connectivity index (χ4v) is 1.65. The molecule has 2 amide bonds. The maximum absolute atomic E-state index is 11.8. The molecular formula is C10H15NO4. The molecule has 1 aliphatic heterocycles. The number of carbonyl (C=O) groups excluding carboxylic acids is 3. The Hall–Kier alpha value is -1.39. The van der Waals surface area contributed by atoms with Crippen molar-refractivity contribution in [2.75, 3.05) is 7.11 Å². The average molecular weight is 213 g/mol. The molecule has 0 aromatic heterocycles. The molecule has 5 nitrogen and oxygen atoms in total. The van der Waals surface area contributed by atoms with Crippen molar-refractivity contribution in [3.8, 4) is 0 Å². The molecule has 0 saturated carbocycles. The number of amides is 2. The Kier molecular flexibility index (Phi) is 2.83. The van der Waals surface area contributed by atoms with Crippen LogP contribution in [0.5, 0.6) is 0 Å². The Morgan fingerprint density at radius 3 is 2.33 bits per heavy atom. The summed E-state index contributed by atoms with van der Waals surface area (Å²) in [6.45, 7) is 4.87. The van der Waals surface area contributed by atoms with Gasteiger partial charge in [-0.1, -0.05) is 13.8 Å². The second kappa shape index (κ2) is 3.64. The van der Waals surface area contributed by atoms with Gasteiger partial charge in [-0.25, -0.2) is 4.79 Å². The Morgan fingerprint density at radius 1 is 1.47 bits per heavy atom. The van der Waals surface area contributed by atoms with Gasteiger partial charge in [0.05, 0.1) is 12.5 Å². The maximum Gasteiger partial charge on any atom is 0.328 e. The molecule has 1 fully saturated rings. The van der Waals surface area contributed by atoms with Crippen LogP contribution in [0.2, 0.25) is 0 Å². The number of ether oxygens (including phenoxy) is 1. The molecule has 0 N–H and O–H groups in total. The van der Waals surface area contributed by atoms with Crippen LogP contribution in [0.1, 0.15) is 27.2 Å². The van der Waals surface area contributed by atoms with E-state index in [0.717, 1.165) is 4.90 Å². The number of rotatable bonds is 2. The second-order valence-electron chi connectivity index (χ2n) is 4.33. The van der Waals surface area contributed by atoms with E-state index in [4.69, 9.17) is 0 Å². The molecule has 1 rings (SSSR count). The third-order valence-electron chi connectivity index (χ3n) is 2.59. The minimum atomic E-state index is -0.836. The van der Waals surface area contributed by atoms with E-state index in [2.05, 4.69) is 4.74 Å². The zero-order valence-corrected chi connectivity index (χ0v) is 9.36. The van der Waals surface area contributed by atoms with Gasteiger partial charge in [0.2, 0.25) is 11.8 Å². The van der Waals surface area contributed by atoms with Crippen molar-refractivity contribution in [3.63, 3.8) is 0 Å². The van der Waals surface area contributed by atoms with Crippen LogP contribution in [0, 0.1) is 5.41 Å². The molecule has 1 heterocycles. The first-order valence-corrected chi connectivity index (χ1v) is 4.75. The Balaban J connectivity index is 2.93. The van der Waals surface area contributed by atoms with Gasteiger partial charge in [0.1, 0.15) is 6.04 Å². The summed E-state index contributed by atoms with van der Waals surface area (Å²) in [5.41, 5.74) is -0.709. The molecule has 84 valence electrons. The first-order valence-electron chi connectivity index (χ1n) is 4.75. The van der Waals surface area contributed by atoms with Gasteiger partial charge < -0.3 is 4.74 Å². The largest absolute Gasteiger partial charge is 0.467 e. The zero-order chi connectivity index (χ0) is 11.8. The standard InChI is InChI=1S/C10H15NO4/c1-6(8(13)15-4)11-7(12)5-10(2,3)9(11)14/h6H,5H2,1-4H3/t6-/m1/s1. The molecule has 0 aromatic rings. The number of carbonyl (C=O) groups is 3. The zero-order valence-electron chi connectivity index (χ0n) is 9.36. The molecule has 1 saturated heterocycles. The fourth-order valence-electron chi connectivity index (χ4n) is 1.65. The quantitative estimate of drug-likeness (QED) is 0.490. The summed E-state index contributed by atoms with van der Waals surface area (Å²) in [7, 11) is 1.23. The predicted octanol–water partition coefficient (Wildman–Crippen LogP) is 0.333. The third-order valence-corrected chi connectivity index (χ3v) is 2.59. The fraction of sp³-hybridized carbons (Fsp3) is 0.700. The van der Waals surface area contributed by atoms with Crippen molar-refractivity contribution in [2.24, 2.45) is 5.41 Å². The van der Waals surface area contributed by atoms with E-state index in [-0.39, 0.29) is 18.2 Å². The molecule has 0 aliphatic carbocycles. The molecule has 0 radical (unpaired) electrons. The lowest BCUT2D eigenvalue weighted by molar-refractivity contribution is -0.156. The third kappa shape index (κ3) is 1.86. The van der Waals surface area contributed by atoms with E-state index in [1.807, 2.05) is 0 Å². The van der Waals surface area contributed by atoms with Gasteiger partial charge in [-0.2, -0.15) is 0 Å².